The highest BCUT2D eigenvalue weighted by Gasteiger charge is 2.12. The molecule has 0 fully saturated rings. The molecule has 2 rings (SSSR count). The third-order valence-electron chi connectivity index (χ3n) is 2.66. The lowest BCUT2D eigenvalue weighted by Crippen LogP contribution is -1.86. The fourth-order valence-electron chi connectivity index (χ4n) is 1.85. The zero-order valence-electron chi connectivity index (χ0n) is 9.16. The molecule has 2 heteroatoms. The fourth-order valence-corrected chi connectivity index (χ4v) is 3.12. The first-order chi connectivity index (χ1) is 7.15. The quantitative estimate of drug-likeness (QED) is 0.699. The van der Waals surface area contributed by atoms with Gasteiger partial charge in [-0.15, -0.1) is 11.3 Å². The predicted molar refractivity (Wildman–Crippen MR) is 65.4 cm³/mol. The van der Waals surface area contributed by atoms with Crippen LogP contribution in [0.4, 0.5) is 0 Å². The Bertz CT molecular complexity index is 543. The summed E-state index contributed by atoms with van der Waals surface area (Å²) in [5.41, 5.74) is 2.19. The van der Waals surface area contributed by atoms with Crippen LogP contribution in [0.2, 0.25) is 0 Å². The molecule has 1 heterocycles. The third kappa shape index (κ3) is 1.53. The van der Waals surface area contributed by atoms with Gasteiger partial charge in [0.25, 0.3) is 0 Å². The maximum atomic E-state index is 9.09. The summed E-state index contributed by atoms with van der Waals surface area (Å²) in [5.74, 6) is 0.512. The second kappa shape index (κ2) is 3.67. The molecule has 0 unspecified atom stereocenters. The Morgan fingerprint density at radius 2 is 2.07 bits per heavy atom. The van der Waals surface area contributed by atoms with Crippen molar-refractivity contribution < 1.29 is 0 Å². The van der Waals surface area contributed by atoms with Crippen molar-refractivity contribution in [2.75, 3.05) is 0 Å². The molecule has 1 aromatic heterocycles. The van der Waals surface area contributed by atoms with E-state index < -0.39 is 0 Å². The number of hydrogen-bond acceptors (Lipinski definition) is 2. The molecule has 0 amide bonds. The van der Waals surface area contributed by atoms with Crippen LogP contribution in [0.1, 0.15) is 35.8 Å². The highest BCUT2D eigenvalue weighted by atomic mass is 32.1. The van der Waals surface area contributed by atoms with Crippen LogP contribution in [0.3, 0.4) is 0 Å². The molecule has 15 heavy (non-hydrogen) atoms. The average molecular weight is 215 g/mol. The van der Waals surface area contributed by atoms with Crippen LogP contribution in [0, 0.1) is 18.3 Å². The van der Waals surface area contributed by atoms with Crippen LogP contribution in [0.5, 0.6) is 0 Å². The van der Waals surface area contributed by atoms with E-state index in [1.54, 1.807) is 11.3 Å². The largest absolute Gasteiger partial charge is 0.192 e. The molecular weight excluding hydrogens is 202 g/mol. The second-order valence-corrected chi connectivity index (χ2v) is 5.25. The molecule has 2 aromatic rings. The Balaban J connectivity index is 2.85. The number of thiophene rings is 1. The first-order valence-corrected chi connectivity index (χ1v) is 5.89. The Morgan fingerprint density at radius 1 is 1.33 bits per heavy atom. The summed E-state index contributed by atoms with van der Waals surface area (Å²) < 4.78 is 1.28. The van der Waals surface area contributed by atoms with Crippen LogP contribution in [0.15, 0.2) is 18.2 Å². The van der Waals surface area contributed by atoms with E-state index in [4.69, 9.17) is 5.26 Å². The average Bonchev–Trinajstić information content (AvgIpc) is 2.52. The molecule has 76 valence electrons. The number of fused-ring (bicyclic) bond motifs is 1. The SMILES string of the molecule is Cc1sc2c(C(C)C)cccc2c1C#N. The van der Waals surface area contributed by atoms with Crippen molar-refractivity contribution in [3.63, 3.8) is 0 Å². The summed E-state index contributed by atoms with van der Waals surface area (Å²) in [7, 11) is 0. The first kappa shape index (κ1) is 10.2. The summed E-state index contributed by atoms with van der Waals surface area (Å²) in [6, 6.07) is 8.54. The Hall–Kier alpha value is -1.33. The molecule has 0 saturated heterocycles. The van der Waals surface area contributed by atoms with Crippen molar-refractivity contribution in [3.05, 3.63) is 34.2 Å². The van der Waals surface area contributed by atoms with Gasteiger partial charge in [0.1, 0.15) is 6.07 Å². The molecule has 0 bridgehead atoms. The number of nitrogens with zero attached hydrogens (tertiary/aromatic N) is 1. The highest BCUT2D eigenvalue weighted by Crippen LogP contribution is 2.35. The lowest BCUT2D eigenvalue weighted by Gasteiger charge is -2.05. The number of rotatable bonds is 1. The summed E-state index contributed by atoms with van der Waals surface area (Å²) in [4.78, 5) is 1.13. The van der Waals surface area contributed by atoms with Crippen LogP contribution >= 0.6 is 11.3 Å². The van der Waals surface area contributed by atoms with E-state index in [-0.39, 0.29) is 0 Å². The maximum Gasteiger partial charge on any atom is 0.101 e. The van der Waals surface area contributed by atoms with E-state index >= 15 is 0 Å². The van der Waals surface area contributed by atoms with E-state index in [0.717, 1.165) is 15.8 Å². The van der Waals surface area contributed by atoms with Gasteiger partial charge in [-0.2, -0.15) is 5.26 Å². The van der Waals surface area contributed by atoms with Crippen LogP contribution < -0.4 is 0 Å². The minimum atomic E-state index is 0.512. The lowest BCUT2D eigenvalue weighted by atomic mass is 10.0. The van der Waals surface area contributed by atoms with E-state index in [9.17, 15) is 0 Å². The molecule has 0 aliphatic carbocycles. The molecule has 0 aliphatic heterocycles. The van der Waals surface area contributed by atoms with E-state index in [1.807, 2.05) is 19.1 Å². The van der Waals surface area contributed by atoms with Crippen molar-refractivity contribution in [1.29, 1.82) is 5.26 Å². The van der Waals surface area contributed by atoms with Crippen molar-refractivity contribution in [2.45, 2.75) is 26.7 Å². The topological polar surface area (TPSA) is 23.8 Å². The smallest absolute Gasteiger partial charge is 0.101 e. The van der Waals surface area contributed by atoms with Gasteiger partial charge in [-0.1, -0.05) is 32.0 Å². The Kier molecular flexibility index (Phi) is 2.50. The number of aryl methyl sites for hydroxylation is 1. The van der Waals surface area contributed by atoms with Crippen molar-refractivity contribution >= 4 is 21.4 Å². The van der Waals surface area contributed by atoms with E-state index in [1.165, 1.54) is 10.3 Å². The molecule has 1 nitrogen and oxygen atoms in total. The monoisotopic (exact) mass is 215 g/mol. The van der Waals surface area contributed by atoms with Crippen LogP contribution in [0.25, 0.3) is 10.1 Å². The van der Waals surface area contributed by atoms with Crippen LogP contribution in [-0.4, -0.2) is 0 Å². The molecule has 0 spiro atoms. The van der Waals surface area contributed by atoms with Gasteiger partial charge >= 0.3 is 0 Å². The summed E-state index contributed by atoms with van der Waals surface area (Å²) in [6.07, 6.45) is 0. The molecular formula is C13H13NS. The van der Waals surface area contributed by atoms with Gasteiger partial charge in [-0.05, 0) is 18.4 Å². The van der Waals surface area contributed by atoms with Crippen molar-refractivity contribution in [2.24, 2.45) is 0 Å². The van der Waals surface area contributed by atoms with E-state index in [2.05, 4.69) is 26.0 Å². The molecule has 1 aromatic carbocycles. The van der Waals surface area contributed by atoms with Gasteiger partial charge in [0.2, 0.25) is 0 Å². The van der Waals surface area contributed by atoms with Crippen LogP contribution in [-0.2, 0) is 0 Å². The standard InChI is InChI=1S/C13H13NS/c1-8(2)10-5-4-6-11-12(7-14)9(3)15-13(10)11/h4-6,8H,1-3H3. The summed E-state index contributed by atoms with van der Waals surface area (Å²) in [6.45, 7) is 6.40. The van der Waals surface area contributed by atoms with E-state index in [0.29, 0.717) is 5.92 Å². The zero-order valence-corrected chi connectivity index (χ0v) is 9.98. The normalized spacial score (nSPS) is 10.9. The third-order valence-corrected chi connectivity index (χ3v) is 3.83. The van der Waals surface area contributed by atoms with Crippen molar-refractivity contribution in [1.82, 2.24) is 0 Å². The predicted octanol–water partition coefficient (Wildman–Crippen LogP) is 4.20. The molecule has 0 aliphatic rings. The lowest BCUT2D eigenvalue weighted by molar-refractivity contribution is 0.878. The minimum absolute atomic E-state index is 0.512. The molecule has 0 radical (unpaired) electrons. The molecule has 0 saturated carbocycles. The van der Waals surface area contributed by atoms with Gasteiger partial charge in [-0.25, -0.2) is 0 Å². The summed E-state index contributed by atoms with van der Waals surface area (Å²) in [5, 5.41) is 10.2. The maximum absolute atomic E-state index is 9.09. The minimum Gasteiger partial charge on any atom is -0.192 e. The Morgan fingerprint density at radius 3 is 2.67 bits per heavy atom. The number of hydrogen-bond donors (Lipinski definition) is 0. The fraction of sp³-hybridized carbons (Fsp3) is 0.308. The number of nitriles is 1. The first-order valence-electron chi connectivity index (χ1n) is 5.07. The van der Waals surface area contributed by atoms with Gasteiger partial charge in [-0.3, -0.25) is 0 Å². The van der Waals surface area contributed by atoms with Gasteiger partial charge in [0, 0.05) is 15.0 Å². The van der Waals surface area contributed by atoms with Gasteiger partial charge in [0.05, 0.1) is 5.56 Å². The molecule has 0 atom stereocenters. The zero-order chi connectivity index (χ0) is 11.0. The second-order valence-electron chi connectivity index (χ2n) is 4.02. The van der Waals surface area contributed by atoms with Gasteiger partial charge in [0.15, 0.2) is 0 Å². The summed E-state index contributed by atoms with van der Waals surface area (Å²) >= 11 is 1.74. The number of benzene rings is 1. The van der Waals surface area contributed by atoms with Gasteiger partial charge < -0.3 is 0 Å². The van der Waals surface area contributed by atoms with Crippen molar-refractivity contribution in [3.8, 4) is 6.07 Å². The Labute approximate surface area is 94.0 Å². The highest BCUT2D eigenvalue weighted by molar-refractivity contribution is 7.19. The molecule has 0 N–H and O–H groups in total.